The fraction of sp³-hybridized carbons (Fsp3) is 0.474. The molecule has 1 aliphatic heterocycles. The molecule has 24 heavy (non-hydrogen) atoms. The number of rotatable bonds is 1. The monoisotopic (exact) mass is 328 g/mol. The van der Waals surface area contributed by atoms with Crippen molar-refractivity contribution in [3.05, 3.63) is 45.7 Å². The molecular formula is C19H24N2O3. The predicted octanol–water partition coefficient (Wildman–Crippen LogP) is 3.98. The van der Waals surface area contributed by atoms with Crippen molar-refractivity contribution >= 4 is 17.0 Å². The predicted molar refractivity (Wildman–Crippen MR) is 93.9 cm³/mol. The third kappa shape index (κ3) is 2.79. The summed E-state index contributed by atoms with van der Waals surface area (Å²) in [5.41, 5.74) is 1.73. The topological polar surface area (TPSA) is 62.4 Å². The summed E-state index contributed by atoms with van der Waals surface area (Å²) in [6.07, 6.45) is -0.380. The Hall–Kier alpha value is -2.30. The summed E-state index contributed by atoms with van der Waals surface area (Å²) < 4.78 is 5.54. The first kappa shape index (κ1) is 16.6. The van der Waals surface area contributed by atoms with E-state index in [1.807, 2.05) is 58.9 Å². The van der Waals surface area contributed by atoms with E-state index < -0.39 is 5.60 Å². The lowest BCUT2D eigenvalue weighted by Gasteiger charge is -2.30. The van der Waals surface area contributed by atoms with Crippen molar-refractivity contribution < 1.29 is 9.53 Å². The van der Waals surface area contributed by atoms with Gasteiger partial charge in [-0.25, -0.2) is 4.79 Å². The molecule has 0 aliphatic carbocycles. The van der Waals surface area contributed by atoms with Crippen LogP contribution in [0.15, 0.2) is 29.1 Å². The molecule has 1 aliphatic rings. The number of H-pyrrole nitrogens is 1. The van der Waals surface area contributed by atoms with E-state index in [-0.39, 0.29) is 30.0 Å². The second-order valence-corrected chi connectivity index (χ2v) is 7.69. The molecule has 1 atom stereocenters. The smallest absolute Gasteiger partial charge is 0.411 e. The molecule has 0 bridgehead atoms. The first-order chi connectivity index (χ1) is 11.2. The zero-order valence-electron chi connectivity index (χ0n) is 14.8. The van der Waals surface area contributed by atoms with Crippen LogP contribution in [0.1, 0.15) is 51.9 Å². The van der Waals surface area contributed by atoms with Crippen molar-refractivity contribution in [3.63, 3.8) is 0 Å². The first-order valence-electron chi connectivity index (χ1n) is 8.32. The highest BCUT2D eigenvalue weighted by Gasteiger charge is 2.40. The number of ether oxygens (including phenoxy) is 1. The van der Waals surface area contributed by atoms with Crippen molar-refractivity contribution in [2.75, 3.05) is 0 Å². The zero-order valence-corrected chi connectivity index (χ0v) is 14.8. The molecule has 0 saturated carbocycles. The molecule has 2 aromatic rings. The number of hydrogen-bond acceptors (Lipinski definition) is 3. The SMILES string of the molecule is CC(C)[C@@H]1c2[nH]c3ccccc3c(=O)c2CN1C(=O)OC(C)(C)C. The van der Waals surface area contributed by atoms with Gasteiger partial charge in [-0.05, 0) is 38.8 Å². The first-order valence-corrected chi connectivity index (χ1v) is 8.32. The van der Waals surface area contributed by atoms with E-state index in [0.29, 0.717) is 10.9 Å². The van der Waals surface area contributed by atoms with Gasteiger partial charge in [0.15, 0.2) is 5.43 Å². The average Bonchev–Trinajstić information content (AvgIpc) is 2.86. The highest BCUT2D eigenvalue weighted by atomic mass is 16.6. The minimum atomic E-state index is -0.567. The van der Waals surface area contributed by atoms with Crippen molar-refractivity contribution in [3.8, 4) is 0 Å². The third-order valence-corrected chi connectivity index (χ3v) is 4.26. The lowest BCUT2D eigenvalue weighted by molar-refractivity contribution is 0.0124. The molecule has 0 saturated heterocycles. The second kappa shape index (κ2) is 5.65. The number of amides is 1. The summed E-state index contributed by atoms with van der Waals surface area (Å²) in [5, 5.41) is 0.657. The fourth-order valence-corrected chi connectivity index (χ4v) is 3.32. The molecular weight excluding hydrogens is 304 g/mol. The second-order valence-electron chi connectivity index (χ2n) is 7.69. The fourth-order valence-electron chi connectivity index (χ4n) is 3.32. The summed E-state index contributed by atoms with van der Waals surface area (Å²) in [6, 6.07) is 7.27. The van der Waals surface area contributed by atoms with Crippen LogP contribution >= 0.6 is 0 Å². The Balaban J connectivity index is 2.10. The van der Waals surface area contributed by atoms with Crippen LogP contribution in [0.2, 0.25) is 0 Å². The van der Waals surface area contributed by atoms with Gasteiger partial charge in [0, 0.05) is 22.2 Å². The van der Waals surface area contributed by atoms with Gasteiger partial charge in [-0.15, -0.1) is 0 Å². The third-order valence-electron chi connectivity index (χ3n) is 4.26. The Morgan fingerprint density at radius 2 is 1.96 bits per heavy atom. The number of nitrogens with one attached hydrogen (secondary N) is 1. The number of carbonyl (C=O) groups is 1. The lowest BCUT2D eigenvalue weighted by atomic mass is 9.99. The van der Waals surface area contributed by atoms with Crippen LogP contribution in [0.4, 0.5) is 4.79 Å². The van der Waals surface area contributed by atoms with Gasteiger partial charge in [-0.1, -0.05) is 26.0 Å². The quantitative estimate of drug-likeness (QED) is 0.861. The van der Waals surface area contributed by atoms with E-state index >= 15 is 0 Å². The van der Waals surface area contributed by atoms with Gasteiger partial charge in [0.2, 0.25) is 0 Å². The van der Waals surface area contributed by atoms with Crippen LogP contribution < -0.4 is 5.43 Å². The van der Waals surface area contributed by atoms with Gasteiger partial charge in [0.05, 0.1) is 12.6 Å². The number of aromatic amines is 1. The van der Waals surface area contributed by atoms with Crippen LogP contribution in [0.3, 0.4) is 0 Å². The van der Waals surface area contributed by atoms with Crippen molar-refractivity contribution in [2.45, 2.75) is 52.8 Å². The molecule has 1 aromatic carbocycles. The van der Waals surface area contributed by atoms with Crippen molar-refractivity contribution in [2.24, 2.45) is 5.92 Å². The maximum Gasteiger partial charge on any atom is 0.411 e. The minimum Gasteiger partial charge on any atom is -0.444 e. The molecule has 5 heteroatoms. The van der Waals surface area contributed by atoms with Crippen LogP contribution in [-0.4, -0.2) is 21.6 Å². The Bertz CT molecular complexity index is 846. The highest BCUT2D eigenvalue weighted by Crippen LogP contribution is 2.37. The molecule has 128 valence electrons. The van der Waals surface area contributed by atoms with Gasteiger partial charge in [0.1, 0.15) is 5.60 Å². The van der Waals surface area contributed by atoms with E-state index in [9.17, 15) is 9.59 Å². The largest absolute Gasteiger partial charge is 0.444 e. The van der Waals surface area contributed by atoms with E-state index in [1.54, 1.807) is 4.90 Å². The van der Waals surface area contributed by atoms with Gasteiger partial charge >= 0.3 is 6.09 Å². The highest BCUT2D eigenvalue weighted by molar-refractivity contribution is 5.80. The Morgan fingerprint density at radius 1 is 1.29 bits per heavy atom. The molecule has 1 aromatic heterocycles. The van der Waals surface area contributed by atoms with Crippen molar-refractivity contribution in [1.29, 1.82) is 0 Å². The van der Waals surface area contributed by atoms with Gasteiger partial charge < -0.3 is 9.72 Å². The summed E-state index contributed by atoms with van der Waals surface area (Å²) in [6.45, 7) is 9.91. The number of aromatic nitrogens is 1. The maximum absolute atomic E-state index is 12.8. The maximum atomic E-state index is 12.8. The standard InChI is InChI=1S/C19H24N2O3/c1-11(2)16-15-13(10-21(16)18(23)24-19(3,4)5)17(22)12-8-6-7-9-14(12)20-15/h6-9,11,16H,10H2,1-5H3,(H,20,22)/t16-/m1/s1. The number of nitrogens with zero attached hydrogens (tertiary/aromatic N) is 1. The average molecular weight is 328 g/mol. The number of hydrogen-bond donors (Lipinski definition) is 1. The molecule has 1 N–H and O–H groups in total. The number of fused-ring (bicyclic) bond motifs is 2. The van der Waals surface area contributed by atoms with Crippen LogP contribution in [-0.2, 0) is 11.3 Å². The number of pyridine rings is 1. The van der Waals surface area contributed by atoms with Crippen LogP contribution in [0, 0.1) is 5.92 Å². The zero-order chi connectivity index (χ0) is 17.6. The van der Waals surface area contributed by atoms with Gasteiger partial charge in [-0.3, -0.25) is 9.69 Å². The lowest BCUT2D eigenvalue weighted by Crippen LogP contribution is -2.37. The Labute approximate surface area is 141 Å². The summed E-state index contributed by atoms with van der Waals surface area (Å²) >= 11 is 0. The van der Waals surface area contributed by atoms with E-state index in [4.69, 9.17) is 4.74 Å². The Kier molecular flexibility index (Phi) is 3.90. The summed E-state index contributed by atoms with van der Waals surface area (Å²) in [7, 11) is 0. The van der Waals surface area contributed by atoms with E-state index in [1.165, 1.54) is 0 Å². The van der Waals surface area contributed by atoms with E-state index in [0.717, 1.165) is 11.2 Å². The Morgan fingerprint density at radius 3 is 2.58 bits per heavy atom. The molecule has 0 spiro atoms. The molecule has 0 fully saturated rings. The number of benzene rings is 1. The van der Waals surface area contributed by atoms with Crippen LogP contribution in [0.5, 0.6) is 0 Å². The van der Waals surface area contributed by atoms with E-state index in [2.05, 4.69) is 4.98 Å². The van der Waals surface area contributed by atoms with Crippen LogP contribution in [0.25, 0.3) is 10.9 Å². The van der Waals surface area contributed by atoms with Gasteiger partial charge in [0.25, 0.3) is 0 Å². The molecule has 5 nitrogen and oxygen atoms in total. The molecule has 0 unspecified atom stereocenters. The minimum absolute atomic E-state index is 0.00365. The molecule has 2 heterocycles. The number of carbonyl (C=O) groups excluding carboxylic acids is 1. The molecule has 3 rings (SSSR count). The molecule has 0 radical (unpaired) electrons. The van der Waals surface area contributed by atoms with Crippen molar-refractivity contribution in [1.82, 2.24) is 9.88 Å². The number of para-hydroxylation sites is 1. The normalized spacial score (nSPS) is 17.4. The van der Waals surface area contributed by atoms with Gasteiger partial charge in [-0.2, -0.15) is 0 Å². The molecule has 1 amide bonds. The summed E-state index contributed by atoms with van der Waals surface area (Å²) in [5.74, 6) is 0.163. The summed E-state index contributed by atoms with van der Waals surface area (Å²) in [4.78, 5) is 30.5.